The molecule has 5 rings (SSSR count). The second-order valence-corrected chi connectivity index (χ2v) is 7.17. The molecule has 4 aromatic heterocycles. The van der Waals surface area contributed by atoms with Crippen molar-refractivity contribution >= 4 is 28.3 Å². The molecule has 0 fully saturated rings. The molecule has 5 aromatic rings. The van der Waals surface area contributed by atoms with Gasteiger partial charge in [0.15, 0.2) is 5.65 Å². The van der Waals surface area contributed by atoms with Crippen LogP contribution in [0.15, 0.2) is 66.0 Å². The fourth-order valence-electron chi connectivity index (χ4n) is 3.78. The van der Waals surface area contributed by atoms with Crippen LogP contribution in [-0.2, 0) is 0 Å². The van der Waals surface area contributed by atoms with Gasteiger partial charge in [0.1, 0.15) is 17.7 Å². The van der Waals surface area contributed by atoms with Crippen LogP contribution in [-0.4, -0.2) is 39.9 Å². The number of benzene rings is 1. The molecule has 0 aliphatic heterocycles. The van der Waals surface area contributed by atoms with Crippen LogP contribution in [0.4, 0.5) is 4.79 Å². The predicted octanol–water partition coefficient (Wildman–Crippen LogP) is 2.94. The van der Waals surface area contributed by atoms with Crippen molar-refractivity contribution in [3.63, 3.8) is 0 Å². The summed E-state index contributed by atoms with van der Waals surface area (Å²) in [5.74, 6) is 0.435. The Morgan fingerprint density at radius 3 is 2.75 bits per heavy atom. The molecule has 0 radical (unpaired) electrons. The van der Waals surface area contributed by atoms with E-state index in [4.69, 9.17) is 0 Å². The first kappa shape index (κ1) is 19.2. The Labute approximate surface area is 180 Å². The van der Waals surface area contributed by atoms with Crippen molar-refractivity contribution in [2.75, 3.05) is 0 Å². The van der Waals surface area contributed by atoms with Crippen molar-refractivity contribution in [3.8, 4) is 11.9 Å². The van der Waals surface area contributed by atoms with E-state index in [-0.39, 0.29) is 11.2 Å². The van der Waals surface area contributed by atoms with Crippen molar-refractivity contribution in [2.45, 2.75) is 13.0 Å². The fraction of sp³-hybridized carbons (Fsp3) is 0.0909. The number of carboxylic acid groups (broad SMARTS) is 1. The number of rotatable bonds is 3. The van der Waals surface area contributed by atoms with E-state index in [0.717, 1.165) is 5.56 Å². The lowest BCUT2D eigenvalue weighted by Crippen LogP contribution is -2.30. The number of imidazole rings is 2. The van der Waals surface area contributed by atoms with Gasteiger partial charge in [-0.05, 0) is 48.9 Å². The average molecular weight is 425 g/mol. The number of hydrogen-bond donors (Lipinski definition) is 1. The summed E-state index contributed by atoms with van der Waals surface area (Å²) in [5.41, 5.74) is 2.22. The van der Waals surface area contributed by atoms with Crippen molar-refractivity contribution in [1.29, 1.82) is 5.26 Å². The molecule has 1 aromatic carbocycles. The second-order valence-electron chi connectivity index (χ2n) is 7.17. The summed E-state index contributed by atoms with van der Waals surface area (Å²) < 4.78 is 3.71. The van der Waals surface area contributed by atoms with Crippen molar-refractivity contribution in [3.05, 3.63) is 82.8 Å². The molecule has 1 atom stereocenters. The van der Waals surface area contributed by atoms with Crippen LogP contribution in [0.3, 0.4) is 0 Å². The highest BCUT2D eigenvalue weighted by Crippen LogP contribution is 2.24. The lowest BCUT2D eigenvalue weighted by Gasteiger charge is -2.13. The number of fused-ring (bicyclic) bond motifs is 2. The van der Waals surface area contributed by atoms with E-state index in [2.05, 4.69) is 21.0 Å². The molecule has 156 valence electrons. The van der Waals surface area contributed by atoms with Crippen molar-refractivity contribution in [1.82, 2.24) is 28.7 Å². The predicted molar refractivity (Wildman–Crippen MR) is 115 cm³/mol. The van der Waals surface area contributed by atoms with E-state index in [1.165, 1.54) is 4.57 Å². The van der Waals surface area contributed by atoms with E-state index >= 15 is 0 Å². The summed E-state index contributed by atoms with van der Waals surface area (Å²) >= 11 is 0. The monoisotopic (exact) mass is 425 g/mol. The number of nitrogens with zero attached hydrogens (tertiary/aromatic N) is 7. The average Bonchev–Trinajstić information content (AvgIpc) is 3.36. The van der Waals surface area contributed by atoms with Crippen molar-refractivity contribution < 1.29 is 9.90 Å². The molecule has 0 amide bonds. The van der Waals surface area contributed by atoms with Gasteiger partial charge in [0.25, 0.3) is 0 Å². The van der Waals surface area contributed by atoms with Crippen LogP contribution in [0.25, 0.3) is 28.0 Å². The standard InChI is InChI=1S/C22H15N7O3/c1-13(15-3-2-8-24-11-15)28-20-17(29(21(28)30)22(31)32)6-7-19(26-20)27-12-25-16-5-4-14(10-23)9-18(16)27/h2-9,11-13H,1H3,(H,31,32). The number of carbonyl (C=O) groups is 1. The molecule has 0 saturated heterocycles. The maximum atomic E-state index is 13.1. The molecule has 0 aliphatic rings. The third kappa shape index (κ3) is 2.84. The number of hydrogen-bond acceptors (Lipinski definition) is 6. The second kappa shape index (κ2) is 7.17. The van der Waals surface area contributed by atoms with E-state index in [9.17, 15) is 20.0 Å². The Morgan fingerprint density at radius 2 is 2.03 bits per heavy atom. The molecule has 10 nitrogen and oxygen atoms in total. The van der Waals surface area contributed by atoms with Crippen LogP contribution in [0.5, 0.6) is 0 Å². The highest BCUT2D eigenvalue weighted by atomic mass is 16.4. The first-order valence-corrected chi connectivity index (χ1v) is 9.64. The van der Waals surface area contributed by atoms with Gasteiger partial charge in [0.2, 0.25) is 0 Å². The number of aromatic nitrogens is 6. The van der Waals surface area contributed by atoms with Gasteiger partial charge in [-0.15, -0.1) is 0 Å². The summed E-state index contributed by atoms with van der Waals surface area (Å²) in [6.07, 6.45) is 3.42. The molecule has 1 N–H and O–H groups in total. The minimum atomic E-state index is -1.39. The molecule has 0 aliphatic carbocycles. The van der Waals surface area contributed by atoms with E-state index in [1.807, 2.05) is 6.07 Å². The van der Waals surface area contributed by atoms with E-state index in [1.54, 1.807) is 66.6 Å². The highest BCUT2D eigenvalue weighted by Gasteiger charge is 2.24. The zero-order valence-electron chi connectivity index (χ0n) is 16.7. The van der Waals surface area contributed by atoms with Crippen LogP contribution in [0.2, 0.25) is 0 Å². The van der Waals surface area contributed by atoms with E-state index in [0.29, 0.717) is 27.0 Å². The zero-order valence-corrected chi connectivity index (χ0v) is 16.7. The Morgan fingerprint density at radius 1 is 1.19 bits per heavy atom. The normalized spacial score (nSPS) is 12.1. The number of pyridine rings is 2. The first-order valence-electron chi connectivity index (χ1n) is 9.64. The van der Waals surface area contributed by atoms with Gasteiger partial charge < -0.3 is 5.11 Å². The third-order valence-electron chi connectivity index (χ3n) is 5.37. The maximum Gasteiger partial charge on any atom is 0.420 e. The largest absolute Gasteiger partial charge is 0.464 e. The summed E-state index contributed by atoms with van der Waals surface area (Å²) in [5, 5.41) is 18.9. The van der Waals surface area contributed by atoms with Crippen LogP contribution in [0, 0.1) is 11.3 Å². The summed E-state index contributed by atoms with van der Waals surface area (Å²) in [4.78, 5) is 38.0. The Bertz CT molecular complexity index is 1610. The first-order chi connectivity index (χ1) is 15.5. The lowest BCUT2D eigenvalue weighted by atomic mass is 10.1. The van der Waals surface area contributed by atoms with Gasteiger partial charge in [0.05, 0.1) is 28.7 Å². The van der Waals surface area contributed by atoms with Gasteiger partial charge in [-0.2, -0.15) is 9.83 Å². The quantitative estimate of drug-likeness (QED) is 0.470. The van der Waals surface area contributed by atoms with Crippen LogP contribution in [0.1, 0.15) is 24.1 Å². The smallest absolute Gasteiger partial charge is 0.420 e. The van der Waals surface area contributed by atoms with Gasteiger partial charge in [-0.1, -0.05) is 6.07 Å². The van der Waals surface area contributed by atoms with Gasteiger partial charge >= 0.3 is 11.8 Å². The Kier molecular flexibility index (Phi) is 4.30. The number of nitriles is 1. The summed E-state index contributed by atoms with van der Waals surface area (Å²) in [6, 6.07) is 13.4. The van der Waals surface area contributed by atoms with Gasteiger partial charge in [0, 0.05) is 12.4 Å². The summed E-state index contributed by atoms with van der Waals surface area (Å²) in [7, 11) is 0. The lowest BCUT2D eigenvalue weighted by molar-refractivity contribution is 0.196. The van der Waals surface area contributed by atoms with Gasteiger partial charge in [-0.25, -0.2) is 19.6 Å². The zero-order chi connectivity index (χ0) is 22.4. The molecular formula is C22H15N7O3. The maximum absolute atomic E-state index is 13.1. The Balaban J connectivity index is 1.78. The molecular weight excluding hydrogens is 410 g/mol. The molecule has 0 saturated carbocycles. The molecule has 4 heterocycles. The van der Waals surface area contributed by atoms with Crippen LogP contribution < -0.4 is 5.69 Å². The van der Waals surface area contributed by atoms with Gasteiger partial charge in [-0.3, -0.25) is 14.1 Å². The topological polar surface area (TPSA) is 132 Å². The third-order valence-corrected chi connectivity index (χ3v) is 5.37. The molecule has 1 unspecified atom stereocenters. The molecule has 0 bridgehead atoms. The summed E-state index contributed by atoms with van der Waals surface area (Å²) in [6.45, 7) is 1.78. The minimum Gasteiger partial charge on any atom is -0.464 e. The Hall–Kier alpha value is -4.78. The molecule has 10 heteroatoms. The fourth-order valence-corrected chi connectivity index (χ4v) is 3.78. The molecule has 32 heavy (non-hydrogen) atoms. The van der Waals surface area contributed by atoms with E-state index < -0.39 is 17.8 Å². The van der Waals surface area contributed by atoms with Crippen molar-refractivity contribution in [2.24, 2.45) is 0 Å². The molecule has 0 spiro atoms. The SMILES string of the molecule is CC(c1cccnc1)n1c(=O)n(C(=O)O)c2ccc(-n3cnc4ccc(C#N)cc43)nc21. The minimum absolute atomic E-state index is 0.170. The highest BCUT2D eigenvalue weighted by molar-refractivity contribution is 5.85. The van der Waals surface area contributed by atoms with Crippen LogP contribution >= 0.6 is 0 Å².